The Bertz CT molecular complexity index is 436. The van der Waals surface area contributed by atoms with E-state index >= 15 is 0 Å². The summed E-state index contributed by atoms with van der Waals surface area (Å²) in [4.78, 5) is 4.60. The third kappa shape index (κ3) is 10.9. The predicted molar refractivity (Wildman–Crippen MR) is 108 cm³/mol. The summed E-state index contributed by atoms with van der Waals surface area (Å²) < 4.78 is 16.1. The molecule has 0 atom stereocenters. The van der Waals surface area contributed by atoms with Gasteiger partial charge in [-0.15, -0.1) is 24.0 Å². The highest BCUT2D eigenvalue weighted by atomic mass is 127. The minimum Gasteiger partial charge on any atom is -0.469 e. The Hall–Kier alpha value is -0.800. The van der Waals surface area contributed by atoms with Crippen LogP contribution in [0.1, 0.15) is 33.0 Å². The van der Waals surface area contributed by atoms with Crippen molar-refractivity contribution >= 4 is 29.9 Å². The van der Waals surface area contributed by atoms with E-state index in [2.05, 4.69) is 15.6 Å². The molecule has 0 amide bonds. The van der Waals surface area contributed by atoms with E-state index in [4.69, 9.17) is 13.9 Å². The second-order valence-electron chi connectivity index (χ2n) is 5.86. The zero-order valence-electron chi connectivity index (χ0n) is 15.3. The maximum absolute atomic E-state index is 5.41. The molecule has 0 bridgehead atoms. The van der Waals surface area contributed by atoms with E-state index in [1.165, 1.54) is 0 Å². The monoisotopic (exact) mass is 453 g/mol. The summed E-state index contributed by atoms with van der Waals surface area (Å²) in [5.74, 6) is 1.75. The zero-order valence-corrected chi connectivity index (χ0v) is 17.6. The van der Waals surface area contributed by atoms with Crippen LogP contribution in [0.15, 0.2) is 27.8 Å². The standard InChI is InChI=1S/C17H31N3O3.HI/c1-5-22-12-7-10-18-16(20-14-17(2,3)21-4)19-11-9-15-8-6-13-23-15;/h6,8,13H,5,7,9-12,14H2,1-4H3,(H2,18,19,20);1H. The smallest absolute Gasteiger partial charge is 0.191 e. The fourth-order valence-corrected chi connectivity index (χ4v) is 1.79. The number of ether oxygens (including phenoxy) is 2. The number of nitrogens with zero attached hydrogens (tertiary/aromatic N) is 1. The van der Waals surface area contributed by atoms with Crippen molar-refractivity contribution < 1.29 is 13.9 Å². The lowest BCUT2D eigenvalue weighted by atomic mass is 10.1. The number of halogens is 1. The minimum atomic E-state index is -0.277. The van der Waals surface area contributed by atoms with Crippen LogP contribution in [0.25, 0.3) is 0 Å². The number of hydrogen-bond donors (Lipinski definition) is 2. The van der Waals surface area contributed by atoms with Gasteiger partial charge in [0.15, 0.2) is 5.96 Å². The Balaban J connectivity index is 0.00000529. The van der Waals surface area contributed by atoms with Crippen molar-refractivity contribution in [3.05, 3.63) is 24.2 Å². The Morgan fingerprint density at radius 2 is 2.04 bits per heavy atom. The molecule has 0 radical (unpaired) electrons. The molecule has 1 heterocycles. The first-order valence-electron chi connectivity index (χ1n) is 8.25. The molecular formula is C17H32IN3O3. The number of hydrogen-bond acceptors (Lipinski definition) is 4. The van der Waals surface area contributed by atoms with Crippen molar-refractivity contribution in [3.63, 3.8) is 0 Å². The summed E-state index contributed by atoms with van der Waals surface area (Å²) in [5, 5.41) is 6.66. The third-order valence-electron chi connectivity index (χ3n) is 3.38. The minimum absolute atomic E-state index is 0. The summed E-state index contributed by atoms with van der Waals surface area (Å²) in [6, 6.07) is 3.87. The summed E-state index contributed by atoms with van der Waals surface area (Å²) in [5.41, 5.74) is -0.277. The highest BCUT2D eigenvalue weighted by molar-refractivity contribution is 14.0. The first-order chi connectivity index (χ1) is 11.1. The van der Waals surface area contributed by atoms with Crippen LogP contribution >= 0.6 is 24.0 Å². The number of nitrogens with one attached hydrogen (secondary N) is 2. The molecule has 0 aliphatic rings. The molecular weight excluding hydrogens is 421 g/mol. The molecule has 0 aliphatic carbocycles. The summed E-state index contributed by atoms with van der Waals surface area (Å²) >= 11 is 0. The molecule has 6 nitrogen and oxygen atoms in total. The van der Waals surface area contributed by atoms with Crippen LogP contribution in [0, 0.1) is 0 Å². The van der Waals surface area contributed by atoms with Crippen molar-refractivity contribution in [2.45, 2.75) is 39.2 Å². The van der Waals surface area contributed by atoms with Gasteiger partial charge in [0.05, 0.1) is 18.4 Å². The van der Waals surface area contributed by atoms with Gasteiger partial charge in [-0.05, 0) is 39.3 Å². The lowest BCUT2D eigenvalue weighted by Gasteiger charge is -2.21. The Labute approximate surface area is 162 Å². The number of rotatable bonds is 11. The van der Waals surface area contributed by atoms with Crippen LogP contribution in [-0.2, 0) is 15.9 Å². The van der Waals surface area contributed by atoms with Gasteiger partial charge in [-0.1, -0.05) is 0 Å². The van der Waals surface area contributed by atoms with Gasteiger partial charge in [-0.2, -0.15) is 0 Å². The fourth-order valence-electron chi connectivity index (χ4n) is 1.79. The average molecular weight is 453 g/mol. The zero-order chi connectivity index (χ0) is 17.0. The lowest BCUT2D eigenvalue weighted by molar-refractivity contribution is 0.0310. The Morgan fingerprint density at radius 3 is 2.67 bits per heavy atom. The van der Waals surface area contributed by atoms with Gasteiger partial charge in [0.25, 0.3) is 0 Å². The van der Waals surface area contributed by atoms with E-state index in [1.807, 2.05) is 32.9 Å². The van der Waals surface area contributed by atoms with Gasteiger partial charge >= 0.3 is 0 Å². The van der Waals surface area contributed by atoms with Gasteiger partial charge < -0.3 is 24.5 Å². The average Bonchev–Trinajstić information content (AvgIpc) is 3.05. The molecule has 24 heavy (non-hydrogen) atoms. The van der Waals surface area contributed by atoms with E-state index < -0.39 is 0 Å². The topological polar surface area (TPSA) is 68.0 Å². The van der Waals surface area contributed by atoms with Crippen molar-refractivity contribution in [2.24, 2.45) is 4.99 Å². The third-order valence-corrected chi connectivity index (χ3v) is 3.38. The Morgan fingerprint density at radius 1 is 1.29 bits per heavy atom. The quantitative estimate of drug-likeness (QED) is 0.234. The molecule has 0 aromatic carbocycles. The van der Waals surface area contributed by atoms with Crippen LogP contribution in [-0.4, -0.2) is 51.5 Å². The maximum atomic E-state index is 5.41. The molecule has 7 heteroatoms. The molecule has 1 aromatic heterocycles. The van der Waals surface area contributed by atoms with Crippen molar-refractivity contribution in [3.8, 4) is 0 Å². The molecule has 0 saturated carbocycles. The van der Waals surface area contributed by atoms with E-state index in [1.54, 1.807) is 13.4 Å². The van der Waals surface area contributed by atoms with E-state index in [0.717, 1.165) is 50.9 Å². The molecule has 140 valence electrons. The van der Waals surface area contributed by atoms with Crippen molar-refractivity contribution in [1.29, 1.82) is 0 Å². The summed E-state index contributed by atoms with van der Waals surface area (Å²) in [6.07, 6.45) is 3.46. The molecule has 0 saturated heterocycles. The molecule has 2 N–H and O–H groups in total. The molecule has 0 fully saturated rings. The van der Waals surface area contributed by atoms with Crippen molar-refractivity contribution in [1.82, 2.24) is 10.6 Å². The molecule has 0 unspecified atom stereocenters. The highest BCUT2D eigenvalue weighted by Gasteiger charge is 2.15. The highest BCUT2D eigenvalue weighted by Crippen LogP contribution is 2.07. The second kappa shape index (κ2) is 13.5. The van der Waals surface area contributed by atoms with E-state index in [0.29, 0.717) is 6.54 Å². The maximum Gasteiger partial charge on any atom is 0.191 e. The normalized spacial score (nSPS) is 11.9. The van der Waals surface area contributed by atoms with Crippen LogP contribution in [0.4, 0.5) is 0 Å². The molecule has 1 rings (SSSR count). The first-order valence-corrected chi connectivity index (χ1v) is 8.25. The predicted octanol–water partition coefficient (Wildman–Crippen LogP) is 2.83. The van der Waals surface area contributed by atoms with Gasteiger partial charge in [0.1, 0.15) is 5.76 Å². The van der Waals surface area contributed by atoms with Crippen LogP contribution in [0.5, 0.6) is 0 Å². The van der Waals surface area contributed by atoms with Crippen LogP contribution in [0.3, 0.4) is 0 Å². The number of aliphatic imine (C=N–C) groups is 1. The van der Waals surface area contributed by atoms with Gasteiger partial charge in [0, 0.05) is 39.8 Å². The van der Waals surface area contributed by atoms with Gasteiger partial charge in [-0.3, -0.25) is 4.99 Å². The second-order valence-corrected chi connectivity index (χ2v) is 5.86. The first kappa shape index (κ1) is 23.2. The fraction of sp³-hybridized carbons (Fsp3) is 0.706. The van der Waals surface area contributed by atoms with Gasteiger partial charge in [0.2, 0.25) is 0 Å². The van der Waals surface area contributed by atoms with Gasteiger partial charge in [-0.25, -0.2) is 0 Å². The van der Waals surface area contributed by atoms with Crippen LogP contribution in [0.2, 0.25) is 0 Å². The van der Waals surface area contributed by atoms with E-state index in [9.17, 15) is 0 Å². The largest absolute Gasteiger partial charge is 0.469 e. The summed E-state index contributed by atoms with van der Waals surface area (Å²) in [6.45, 7) is 9.72. The number of furan rings is 1. The number of methoxy groups -OCH3 is 1. The molecule has 0 spiro atoms. The lowest BCUT2D eigenvalue weighted by Crippen LogP contribution is -2.40. The van der Waals surface area contributed by atoms with Crippen LogP contribution < -0.4 is 10.6 Å². The Kier molecular flexibility index (Phi) is 13.0. The number of guanidine groups is 1. The molecule has 1 aromatic rings. The van der Waals surface area contributed by atoms with Crippen molar-refractivity contribution in [2.75, 3.05) is 40.0 Å². The molecule has 0 aliphatic heterocycles. The van der Waals surface area contributed by atoms with E-state index in [-0.39, 0.29) is 29.6 Å². The SMILES string of the molecule is CCOCCCNC(=NCC(C)(C)OC)NCCc1ccco1.I. The summed E-state index contributed by atoms with van der Waals surface area (Å²) in [7, 11) is 1.70.